The Kier molecular flexibility index (Phi) is 8.25. The molecule has 9 nitrogen and oxygen atoms in total. The van der Waals surface area contributed by atoms with Crippen LogP contribution in [0.25, 0.3) is 0 Å². The van der Waals surface area contributed by atoms with E-state index >= 15 is 0 Å². The minimum Gasteiger partial charge on any atom is -0.351 e. The minimum atomic E-state index is -4.44. The van der Waals surface area contributed by atoms with Crippen molar-refractivity contribution in [2.75, 3.05) is 30.8 Å². The van der Waals surface area contributed by atoms with Gasteiger partial charge in [0.05, 0.1) is 5.75 Å². The second-order valence-electron chi connectivity index (χ2n) is 9.94. The number of aliphatic imine (C=N–C) groups is 1. The number of benzene rings is 2. The molecule has 3 amide bonds. The van der Waals surface area contributed by atoms with Crippen molar-refractivity contribution in [3.63, 3.8) is 0 Å². The highest BCUT2D eigenvalue weighted by atomic mass is 32.2. The number of thioether (sulfide) groups is 1. The van der Waals surface area contributed by atoms with Crippen LogP contribution >= 0.6 is 11.8 Å². The van der Waals surface area contributed by atoms with Gasteiger partial charge in [0, 0.05) is 36.3 Å². The summed E-state index contributed by atoms with van der Waals surface area (Å²) in [6.07, 6.45) is 0.590. The fourth-order valence-corrected chi connectivity index (χ4v) is 7.07. The summed E-state index contributed by atoms with van der Waals surface area (Å²) >= 11 is -0.250. The summed E-state index contributed by atoms with van der Waals surface area (Å²) in [5.41, 5.74) is 3.28. The summed E-state index contributed by atoms with van der Waals surface area (Å²) in [5, 5.41) is 2.67. The van der Waals surface area contributed by atoms with Gasteiger partial charge in [0.2, 0.25) is 10.0 Å². The van der Waals surface area contributed by atoms with Gasteiger partial charge in [-0.15, -0.1) is 0 Å². The van der Waals surface area contributed by atoms with E-state index in [0.717, 1.165) is 16.7 Å². The molecule has 2 aromatic carbocycles. The number of primary amides is 1. The maximum absolute atomic E-state index is 13.2. The molecule has 14 heteroatoms. The maximum atomic E-state index is 13.2. The highest BCUT2D eigenvalue weighted by molar-refractivity contribution is 8.00. The Morgan fingerprint density at radius 3 is 2.38 bits per heavy atom. The quantitative estimate of drug-likeness (QED) is 0.471. The van der Waals surface area contributed by atoms with Crippen molar-refractivity contribution >= 4 is 45.2 Å². The third-order valence-corrected chi connectivity index (χ3v) is 9.87. The number of sulfonamides is 1. The second kappa shape index (κ2) is 11.1. The van der Waals surface area contributed by atoms with Gasteiger partial charge in [-0.05, 0) is 85.8 Å². The molecule has 4 rings (SSSR count). The molecule has 2 aliphatic heterocycles. The Hall–Kier alpha value is -3.10. The summed E-state index contributed by atoms with van der Waals surface area (Å²) in [4.78, 5) is 30.2. The first-order chi connectivity index (χ1) is 18.6. The number of nitrogens with two attached hydrogens (primary N) is 1. The second-order valence-corrected chi connectivity index (χ2v) is 13.2. The van der Waals surface area contributed by atoms with Gasteiger partial charge in [-0.25, -0.2) is 17.5 Å². The van der Waals surface area contributed by atoms with Gasteiger partial charge in [0.1, 0.15) is 11.4 Å². The number of nitrogens with zero attached hydrogens (tertiary/aromatic N) is 3. The zero-order valence-electron chi connectivity index (χ0n) is 22.2. The van der Waals surface area contributed by atoms with Crippen LogP contribution in [0.15, 0.2) is 46.3 Å². The highest BCUT2D eigenvalue weighted by Gasteiger charge is 2.47. The molecule has 40 heavy (non-hydrogen) atoms. The molecule has 0 aliphatic carbocycles. The van der Waals surface area contributed by atoms with Crippen LogP contribution in [0.2, 0.25) is 0 Å². The monoisotopic (exact) mass is 597 g/mol. The normalized spacial score (nSPS) is 17.6. The number of hydrogen-bond donors (Lipinski definition) is 2. The molecule has 3 N–H and O–H groups in total. The molecule has 2 aliphatic rings. The van der Waals surface area contributed by atoms with Gasteiger partial charge in [-0.1, -0.05) is 12.1 Å². The van der Waals surface area contributed by atoms with E-state index < -0.39 is 27.1 Å². The van der Waals surface area contributed by atoms with Gasteiger partial charge in [0.15, 0.2) is 0 Å². The van der Waals surface area contributed by atoms with Crippen molar-refractivity contribution in [3.8, 4) is 0 Å². The van der Waals surface area contributed by atoms with E-state index in [9.17, 15) is 31.2 Å². The number of urea groups is 1. The number of hydrogen-bond acceptors (Lipinski definition) is 6. The van der Waals surface area contributed by atoms with Crippen LogP contribution in [0.4, 0.5) is 23.7 Å². The number of nitrogens with one attached hydrogen (secondary N) is 1. The fraction of sp³-hybridized carbons (Fsp3) is 0.423. The zero-order chi connectivity index (χ0) is 29.5. The first kappa shape index (κ1) is 29.9. The van der Waals surface area contributed by atoms with Crippen LogP contribution in [-0.2, 0) is 21.2 Å². The molecule has 1 spiro atoms. The number of carbonyl (C=O) groups is 2. The van der Waals surface area contributed by atoms with E-state index in [4.69, 9.17) is 5.73 Å². The van der Waals surface area contributed by atoms with E-state index in [2.05, 4.69) is 10.3 Å². The SMILES string of the molecule is Cc1cc(N(C)C(N)=O)cc(C)c1CCS(=O)(=O)N1CCC2(CC1)N=C(c1cccc(SC(F)(F)F)c1)NC2=O. The van der Waals surface area contributed by atoms with Gasteiger partial charge in [-0.3, -0.25) is 14.7 Å². The molecule has 0 bridgehead atoms. The van der Waals surface area contributed by atoms with Gasteiger partial charge in [0.25, 0.3) is 5.91 Å². The van der Waals surface area contributed by atoms with Crippen molar-refractivity contribution in [1.29, 1.82) is 0 Å². The Morgan fingerprint density at radius 1 is 1.18 bits per heavy atom. The average Bonchev–Trinajstić information content (AvgIpc) is 3.17. The lowest BCUT2D eigenvalue weighted by atomic mass is 9.89. The van der Waals surface area contributed by atoms with Crippen molar-refractivity contribution in [1.82, 2.24) is 9.62 Å². The van der Waals surface area contributed by atoms with Crippen molar-refractivity contribution in [2.24, 2.45) is 10.7 Å². The van der Waals surface area contributed by atoms with E-state index in [1.54, 1.807) is 25.2 Å². The van der Waals surface area contributed by atoms with Crippen LogP contribution in [-0.4, -0.2) is 67.4 Å². The van der Waals surface area contributed by atoms with Gasteiger partial charge < -0.3 is 11.1 Å². The maximum Gasteiger partial charge on any atom is 0.446 e. The standard InChI is InChI=1S/C26H30F3N5O4S2/c1-16-13-19(33(3)24(30)36)14-17(2)21(16)7-12-40(37,38)34-10-8-25(9-11-34)23(35)31-22(32-25)18-5-4-6-20(15-18)39-26(27,28)29/h4-6,13-15H,7-12H2,1-3H3,(H2,30,36)(H,31,32,35). The smallest absolute Gasteiger partial charge is 0.351 e. The van der Waals surface area contributed by atoms with Crippen LogP contribution in [0.5, 0.6) is 0 Å². The van der Waals surface area contributed by atoms with E-state index in [1.807, 2.05) is 13.8 Å². The molecule has 0 radical (unpaired) electrons. The first-order valence-electron chi connectivity index (χ1n) is 12.5. The van der Waals surface area contributed by atoms with E-state index in [0.29, 0.717) is 11.3 Å². The Labute approximate surface area is 235 Å². The number of carbonyl (C=O) groups excluding carboxylic acids is 2. The molecular weight excluding hydrogens is 567 g/mol. The molecular formula is C26H30F3N5O4S2. The Morgan fingerprint density at radius 2 is 1.80 bits per heavy atom. The van der Waals surface area contributed by atoms with Crippen molar-refractivity contribution in [3.05, 3.63) is 58.7 Å². The summed E-state index contributed by atoms with van der Waals surface area (Å²) in [7, 11) is -2.09. The lowest BCUT2D eigenvalue weighted by molar-refractivity contribution is -0.124. The lowest BCUT2D eigenvalue weighted by Crippen LogP contribution is -2.50. The largest absolute Gasteiger partial charge is 0.446 e. The summed E-state index contributed by atoms with van der Waals surface area (Å²) < 4.78 is 66.1. The summed E-state index contributed by atoms with van der Waals surface area (Å²) in [5.74, 6) is -0.333. The van der Waals surface area contributed by atoms with Gasteiger partial charge >= 0.3 is 11.5 Å². The number of amidine groups is 1. The Balaban J connectivity index is 1.43. The Bertz CT molecular complexity index is 1450. The van der Waals surface area contributed by atoms with Crippen LogP contribution < -0.4 is 16.0 Å². The van der Waals surface area contributed by atoms with Crippen LogP contribution in [0.1, 0.15) is 35.1 Å². The molecule has 0 aromatic heterocycles. The van der Waals surface area contributed by atoms with E-state index in [1.165, 1.54) is 27.4 Å². The molecule has 1 saturated heterocycles. The van der Waals surface area contributed by atoms with Crippen molar-refractivity contribution in [2.45, 2.75) is 49.1 Å². The molecule has 1 fully saturated rings. The third-order valence-electron chi connectivity index (χ3n) is 7.27. The fourth-order valence-electron chi connectivity index (χ4n) is 5.01. The average molecular weight is 598 g/mol. The number of anilines is 1. The number of amides is 3. The topological polar surface area (TPSA) is 125 Å². The third kappa shape index (κ3) is 6.44. The number of aryl methyl sites for hydroxylation is 2. The zero-order valence-corrected chi connectivity index (χ0v) is 23.8. The van der Waals surface area contributed by atoms with Gasteiger partial charge in [-0.2, -0.15) is 13.2 Å². The summed E-state index contributed by atoms with van der Waals surface area (Å²) in [6.45, 7) is 3.89. The molecule has 2 heterocycles. The number of alkyl halides is 3. The minimum absolute atomic E-state index is 0.0242. The molecule has 0 atom stereocenters. The first-order valence-corrected chi connectivity index (χ1v) is 14.9. The predicted molar refractivity (Wildman–Crippen MR) is 148 cm³/mol. The van der Waals surface area contributed by atoms with E-state index in [-0.39, 0.29) is 66.5 Å². The molecule has 0 unspecified atom stereocenters. The summed E-state index contributed by atoms with van der Waals surface area (Å²) in [6, 6.07) is 8.66. The predicted octanol–water partition coefficient (Wildman–Crippen LogP) is 3.71. The number of piperidine rings is 1. The van der Waals surface area contributed by atoms with Crippen LogP contribution in [0.3, 0.4) is 0 Å². The van der Waals surface area contributed by atoms with Crippen LogP contribution in [0, 0.1) is 13.8 Å². The number of rotatable bonds is 7. The molecule has 216 valence electrons. The number of halogens is 3. The molecule has 0 saturated carbocycles. The highest BCUT2D eigenvalue weighted by Crippen LogP contribution is 2.38. The molecule has 2 aromatic rings. The lowest BCUT2D eigenvalue weighted by Gasteiger charge is -2.34. The van der Waals surface area contributed by atoms with Crippen molar-refractivity contribution < 1.29 is 31.2 Å².